The molecule has 0 heterocycles. The van der Waals surface area contributed by atoms with Crippen molar-refractivity contribution >= 4 is 33.8 Å². The number of hydrogen-bond acceptors (Lipinski definition) is 4. The van der Waals surface area contributed by atoms with Gasteiger partial charge in [0.25, 0.3) is 0 Å². The third-order valence-corrected chi connectivity index (χ3v) is 3.27. The molecule has 3 N–H and O–H groups in total. The Morgan fingerprint density at radius 2 is 1.48 bits per heavy atom. The molecule has 0 aliphatic rings. The second kappa shape index (κ2) is 7.75. The lowest BCUT2D eigenvalue weighted by molar-refractivity contribution is -0.149. The summed E-state index contributed by atoms with van der Waals surface area (Å²) in [6.07, 6.45) is 0.0170. The van der Waals surface area contributed by atoms with Crippen LogP contribution < -0.4 is 0 Å². The SMILES string of the molecule is O=C(O)CN(CC(=O)O)C(Cc1ccc(Br)cc1)C(=O)O. The van der Waals surface area contributed by atoms with E-state index < -0.39 is 37.0 Å². The van der Waals surface area contributed by atoms with Gasteiger partial charge in [-0.25, -0.2) is 0 Å². The zero-order valence-corrected chi connectivity index (χ0v) is 12.5. The average molecular weight is 360 g/mol. The Kier molecular flexibility index (Phi) is 6.32. The monoisotopic (exact) mass is 359 g/mol. The first-order chi connectivity index (χ1) is 9.79. The van der Waals surface area contributed by atoms with Gasteiger partial charge in [0.05, 0.1) is 13.1 Å². The van der Waals surface area contributed by atoms with Gasteiger partial charge in [-0.15, -0.1) is 0 Å². The second-order valence-corrected chi connectivity index (χ2v) is 5.29. The lowest BCUT2D eigenvalue weighted by atomic mass is 10.0. The molecule has 0 bridgehead atoms. The zero-order chi connectivity index (χ0) is 16.0. The van der Waals surface area contributed by atoms with Crippen molar-refractivity contribution in [1.29, 1.82) is 0 Å². The first-order valence-electron chi connectivity index (χ1n) is 5.94. The van der Waals surface area contributed by atoms with E-state index in [1.807, 2.05) is 0 Å². The van der Waals surface area contributed by atoms with E-state index in [-0.39, 0.29) is 6.42 Å². The van der Waals surface area contributed by atoms with Crippen molar-refractivity contribution in [3.63, 3.8) is 0 Å². The van der Waals surface area contributed by atoms with Crippen LogP contribution in [-0.4, -0.2) is 57.3 Å². The molecule has 114 valence electrons. The maximum absolute atomic E-state index is 11.3. The van der Waals surface area contributed by atoms with E-state index in [1.165, 1.54) is 0 Å². The summed E-state index contributed by atoms with van der Waals surface area (Å²) in [6.45, 7) is -1.31. The third-order valence-electron chi connectivity index (χ3n) is 2.74. The predicted molar refractivity (Wildman–Crippen MR) is 76.1 cm³/mol. The van der Waals surface area contributed by atoms with Crippen LogP contribution in [0.4, 0.5) is 0 Å². The summed E-state index contributed by atoms with van der Waals surface area (Å²) in [4.78, 5) is 33.8. The minimum atomic E-state index is -1.28. The molecule has 0 aliphatic heterocycles. The van der Waals surface area contributed by atoms with Crippen molar-refractivity contribution < 1.29 is 29.7 Å². The highest BCUT2D eigenvalue weighted by Crippen LogP contribution is 2.14. The minimum Gasteiger partial charge on any atom is -0.480 e. The second-order valence-electron chi connectivity index (χ2n) is 4.38. The van der Waals surface area contributed by atoms with E-state index in [2.05, 4.69) is 15.9 Å². The highest BCUT2D eigenvalue weighted by atomic mass is 79.9. The fourth-order valence-electron chi connectivity index (χ4n) is 1.84. The highest BCUT2D eigenvalue weighted by molar-refractivity contribution is 9.10. The van der Waals surface area contributed by atoms with Gasteiger partial charge in [0.2, 0.25) is 0 Å². The van der Waals surface area contributed by atoms with E-state index >= 15 is 0 Å². The first kappa shape index (κ1) is 17.1. The molecule has 1 rings (SSSR count). The molecular weight excluding hydrogens is 346 g/mol. The summed E-state index contributed by atoms with van der Waals surface area (Å²) in [6, 6.07) is 5.62. The minimum absolute atomic E-state index is 0.0170. The molecule has 0 spiro atoms. The number of hydrogen-bond donors (Lipinski definition) is 3. The Morgan fingerprint density at radius 1 is 1.00 bits per heavy atom. The molecule has 0 saturated heterocycles. The summed E-state index contributed by atoms with van der Waals surface area (Å²) in [7, 11) is 0. The van der Waals surface area contributed by atoms with Gasteiger partial charge in [0, 0.05) is 4.47 Å². The summed E-state index contributed by atoms with van der Waals surface area (Å²) in [5, 5.41) is 26.8. The van der Waals surface area contributed by atoms with E-state index in [0.717, 1.165) is 9.37 Å². The zero-order valence-electron chi connectivity index (χ0n) is 10.9. The average Bonchev–Trinajstić information content (AvgIpc) is 2.35. The Labute approximate surface area is 128 Å². The molecule has 0 aromatic heterocycles. The summed E-state index contributed by atoms with van der Waals surface area (Å²) < 4.78 is 0.825. The molecule has 1 unspecified atom stereocenters. The fraction of sp³-hybridized carbons (Fsp3) is 0.308. The van der Waals surface area contributed by atoms with Gasteiger partial charge in [0.15, 0.2) is 0 Å². The summed E-state index contributed by atoms with van der Waals surface area (Å²) in [5.74, 6) is -3.82. The molecule has 0 fully saturated rings. The molecule has 1 atom stereocenters. The molecule has 0 saturated carbocycles. The van der Waals surface area contributed by atoms with E-state index in [1.54, 1.807) is 24.3 Å². The van der Waals surface area contributed by atoms with Crippen LogP contribution in [0.1, 0.15) is 5.56 Å². The van der Waals surface area contributed by atoms with E-state index in [4.69, 9.17) is 10.2 Å². The van der Waals surface area contributed by atoms with Crippen LogP contribution in [0.3, 0.4) is 0 Å². The lowest BCUT2D eigenvalue weighted by Crippen LogP contribution is -2.47. The molecule has 0 radical (unpaired) electrons. The van der Waals surface area contributed by atoms with Crippen LogP contribution in [0, 0.1) is 0 Å². The summed E-state index contributed by atoms with van der Waals surface area (Å²) >= 11 is 3.25. The van der Waals surface area contributed by atoms with Crippen LogP contribution in [0.2, 0.25) is 0 Å². The number of benzene rings is 1. The van der Waals surface area contributed by atoms with Crippen LogP contribution in [0.5, 0.6) is 0 Å². The van der Waals surface area contributed by atoms with Gasteiger partial charge in [0.1, 0.15) is 6.04 Å². The molecule has 8 heteroatoms. The number of aliphatic carboxylic acids is 3. The maximum atomic E-state index is 11.3. The fourth-order valence-corrected chi connectivity index (χ4v) is 2.10. The Hall–Kier alpha value is -1.93. The Bertz CT molecular complexity index is 514. The number of halogens is 1. The van der Waals surface area contributed by atoms with Crippen molar-refractivity contribution in [2.24, 2.45) is 0 Å². The number of nitrogens with zero attached hydrogens (tertiary/aromatic N) is 1. The number of carboxylic acid groups (broad SMARTS) is 3. The lowest BCUT2D eigenvalue weighted by Gasteiger charge is -2.25. The maximum Gasteiger partial charge on any atom is 0.321 e. The Morgan fingerprint density at radius 3 is 1.86 bits per heavy atom. The van der Waals surface area contributed by atoms with Gasteiger partial charge >= 0.3 is 17.9 Å². The molecule has 21 heavy (non-hydrogen) atoms. The van der Waals surface area contributed by atoms with Gasteiger partial charge in [-0.1, -0.05) is 28.1 Å². The van der Waals surface area contributed by atoms with Crippen molar-refractivity contribution in [2.75, 3.05) is 13.1 Å². The molecular formula is C13H14BrNO6. The smallest absolute Gasteiger partial charge is 0.321 e. The predicted octanol–water partition coefficient (Wildman–Crippen LogP) is 0.916. The number of carbonyl (C=O) groups is 3. The van der Waals surface area contributed by atoms with Crippen molar-refractivity contribution in [3.05, 3.63) is 34.3 Å². The van der Waals surface area contributed by atoms with Crippen molar-refractivity contribution in [1.82, 2.24) is 4.90 Å². The normalized spacial score (nSPS) is 12.1. The van der Waals surface area contributed by atoms with Crippen LogP contribution in [0.15, 0.2) is 28.7 Å². The quantitative estimate of drug-likeness (QED) is 0.631. The van der Waals surface area contributed by atoms with Gasteiger partial charge in [-0.05, 0) is 24.1 Å². The number of rotatable bonds is 8. The number of carboxylic acids is 3. The van der Waals surface area contributed by atoms with Gasteiger partial charge in [-0.3, -0.25) is 19.3 Å². The largest absolute Gasteiger partial charge is 0.480 e. The van der Waals surface area contributed by atoms with Crippen LogP contribution in [-0.2, 0) is 20.8 Å². The van der Waals surface area contributed by atoms with E-state index in [9.17, 15) is 19.5 Å². The first-order valence-corrected chi connectivity index (χ1v) is 6.73. The van der Waals surface area contributed by atoms with Crippen LogP contribution >= 0.6 is 15.9 Å². The van der Waals surface area contributed by atoms with Crippen LogP contribution in [0.25, 0.3) is 0 Å². The topological polar surface area (TPSA) is 115 Å². The molecule has 0 aliphatic carbocycles. The van der Waals surface area contributed by atoms with Crippen molar-refractivity contribution in [2.45, 2.75) is 12.5 Å². The molecule has 7 nitrogen and oxygen atoms in total. The van der Waals surface area contributed by atoms with Gasteiger partial charge < -0.3 is 15.3 Å². The molecule has 0 amide bonds. The third kappa shape index (κ3) is 5.92. The standard InChI is InChI=1S/C13H14BrNO6/c14-9-3-1-8(2-4-9)5-10(13(20)21)15(6-11(16)17)7-12(18)19/h1-4,10H,5-7H2,(H,16,17)(H,18,19)(H,20,21). The highest BCUT2D eigenvalue weighted by Gasteiger charge is 2.29. The Balaban J connectivity index is 2.94. The molecule has 1 aromatic rings. The van der Waals surface area contributed by atoms with E-state index in [0.29, 0.717) is 5.56 Å². The van der Waals surface area contributed by atoms with Gasteiger partial charge in [-0.2, -0.15) is 0 Å². The summed E-state index contributed by atoms with van der Waals surface area (Å²) in [5.41, 5.74) is 0.673. The molecule has 1 aromatic carbocycles. The van der Waals surface area contributed by atoms with Crippen molar-refractivity contribution in [3.8, 4) is 0 Å².